The number of halogens is 1. The molecule has 7 heteroatoms. The van der Waals surface area contributed by atoms with Crippen molar-refractivity contribution in [1.82, 2.24) is 4.72 Å². The summed E-state index contributed by atoms with van der Waals surface area (Å²) in [5, 5.41) is 0. The fourth-order valence-corrected chi connectivity index (χ4v) is 3.67. The lowest BCUT2D eigenvalue weighted by atomic mass is 10.3. The van der Waals surface area contributed by atoms with Crippen molar-refractivity contribution in [3.8, 4) is 0 Å². The number of hydrogen-bond donors (Lipinski definition) is 1. The van der Waals surface area contributed by atoms with E-state index in [9.17, 15) is 13.2 Å². The van der Waals surface area contributed by atoms with Gasteiger partial charge in [0.25, 0.3) is 5.91 Å². The molecule has 2 rings (SSSR count). The molecule has 5 nitrogen and oxygen atoms in total. The first-order valence-corrected chi connectivity index (χ1v) is 7.91. The predicted molar refractivity (Wildman–Crippen MR) is 69.8 cm³/mol. The number of sulfonamides is 1. The number of hydrogen-bond acceptors (Lipinski definition) is 4. The Morgan fingerprint density at radius 3 is 2.56 bits per heavy atom. The van der Waals surface area contributed by atoms with Crippen LogP contribution in [0.5, 0.6) is 0 Å². The van der Waals surface area contributed by atoms with Crippen LogP contribution in [0.15, 0.2) is 15.2 Å². The third-order valence-corrected chi connectivity index (χ3v) is 6.41. The molecule has 1 amide bonds. The molecule has 0 unspecified atom stereocenters. The summed E-state index contributed by atoms with van der Waals surface area (Å²) in [6.45, 7) is 3.57. The van der Waals surface area contributed by atoms with Crippen LogP contribution in [0.3, 0.4) is 0 Å². The first kappa shape index (κ1) is 13.6. The number of carbonyl (C=O) groups excluding carboxylic acids is 1. The molecule has 1 aromatic rings. The number of furan rings is 1. The Morgan fingerprint density at radius 2 is 2.17 bits per heavy atom. The second kappa shape index (κ2) is 4.38. The maximum atomic E-state index is 12.0. The van der Waals surface area contributed by atoms with Gasteiger partial charge in [-0.25, -0.2) is 13.1 Å². The van der Waals surface area contributed by atoms with Gasteiger partial charge in [0.2, 0.25) is 10.0 Å². The Balaban J connectivity index is 2.17. The average Bonchev–Trinajstić information content (AvgIpc) is 3.02. The van der Waals surface area contributed by atoms with Gasteiger partial charge in [-0.15, -0.1) is 0 Å². The average molecular weight is 336 g/mol. The van der Waals surface area contributed by atoms with Crippen LogP contribution in [0.1, 0.15) is 42.3 Å². The maximum Gasteiger partial charge on any atom is 0.300 e. The Bertz CT molecular complexity index is 567. The van der Waals surface area contributed by atoms with E-state index in [1.54, 1.807) is 6.92 Å². The van der Waals surface area contributed by atoms with Gasteiger partial charge < -0.3 is 4.42 Å². The van der Waals surface area contributed by atoms with Gasteiger partial charge in [0, 0.05) is 5.56 Å². The van der Waals surface area contributed by atoms with Gasteiger partial charge in [0.1, 0.15) is 0 Å². The minimum Gasteiger partial charge on any atom is -0.444 e. The molecule has 1 fully saturated rings. The fraction of sp³-hybridized carbons (Fsp3) is 0.545. The Kier molecular flexibility index (Phi) is 3.31. The number of nitrogens with one attached hydrogen (secondary N) is 1. The van der Waals surface area contributed by atoms with Crippen molar-refractivity contribution in [3.05, 3.63) is 22.1 Å². The van der Waals surface area contributed by atoms with Crippen molar-refractivity contribution in [2.24, 2.45) is 0 Å². The molecular weight excluding hydrogens is 322 g/mol. The second-order valence-corrected chi connectivity index (χ2v) is 7.34. The number of amides is 1. The highest BCUT2D eigenvalue weighted by atomic mass is 79.9. The molecule has 0 atom stereocenters. The highest BCUT2D eigenvalue weighted by Crippen LogP contribution is 2.45. The molecule has 0 saturated heterocycles. The van der Waals surface area contributed by atoms with E-state index in [0.29, 0.717) is 23.9 Å². The third-order valence-electron chi connectivity index (χ3n) is 3.33. The molecule has 0 spiro atoms. The van der Waals surface area contributed by atoms with Crippen LogP contribution in [0, 0.1) is 6.92 Å². The molecule has 18 heavy (non-hydrogen) atoms. The molecule has 1 saturated carbocycles. The van der Waals surface area contributed by atoms with Crippen LogP contribution < -0.4 is 4.72 Å². The van der Waals surface area contributed by atoms with Crippen molar-refractivity contribution in [1.29, 1.82) is 0 Å². The summed E-state index contributed by atoms with van der Waals surface area (Å²) in [4.78, 5) is 11.8. The van der Waals surface area contributed by atoms with E-state index in [1.807, 2.05) is 6.92 Å². The summed E-state index contributed by atoms with van der Waals surface area (Å²) in [6.07, 6.45) is 1.72. The highest BCUT2D eigenvalue weighted by molar-refractivity contribution is 9.10. The van der Waals surface area contributed by atoms with Gasteiger partial charge in [-0.3, -0.25) is 4.79 Å². The molecule has 100 valence electrons. The fourth-order valence-electron chi connectivity index (χ4n) is 1.80. The van der Waals surface area contributed by atoms with Gasteiger partial charge in [0.15, 0.2) is 10.4 Å². The summed E-state index contributed by atoms with van der Waals surface area (Å²) in [7, 11) is -3.62. The Hall–Kier alpha value is -0.820. The third kappa shape index (κ3) is 2.21. The van der Waals surface area contributed by atoms with E-state index in [2.05, 4.69) is 20.7 Å². The van der Waals surface area contributed by atoms with E-state index in [-0.39, 0.29) is 5.76 Å². The maximum absolute atomic E-state index is 12.0. The van der Waals surface area contributed by atoms with Gasteiger partial charge in [-0.05, 0) is 48.2 Å². The van der Waals surface area contributed by atoms with Crippen LogP contribution in [0.25, 0.3) is 0 Å². The molecule has 1 aliphatic carbocycles. The first-order valence-electron chi connectivity index (χ1n) is 5.64. The molecule has 0 aliphatic heterocycles. The van der Waals surface area contributed by atoms with E-state index < -0.39 is 20.7 Å². The molecule has 0 aromatic carbocycles. The van der Waals surface area contributed by atoms with Gasteiger partial charge in [-0.2, -0.15) is 0 Å². The van der Waals surface area contributed by atoms with E-state index >= 15 is 0 Å². The smallest absolute Gasteiger partial charge is 0.300 e. The molecule has 1 aromatic heterocycles. The van der Waals surface area contributed by atoms with Gasteiger partial charge >= 0.3 is 0 Å². The normalized spacial score (nSPS) is 17.5. The number of rotatable bonds is 4. The van der Waals surface area contributed by atoms with Crippen molar-refractivity contribution in [3.63, 3.8) is 0 Å². The lowest BCUT2D eigenvalue weighted by Gasteiger charge is -2.13. The van der Waals surface area contributed by atoms with Gasteiger partial charge in [0.05, 0.1) is 4.75 Å². The molecule has 1 aliphatic rings. The topological polar surface area (TPSA) is 76.4 Å². The largest absolute Gasteiger partial charge is 0.444 e. The summed E-state index contributed by atoms with van der Waals surface area (Å²) in [5.41, 5.74) is 0.745. The standard InChI is InChI=1S/C11H14BrNO4S/c1-3-11(4-5-11)18(15,16)13-10(14)8-6-7(2)9(12)17-8/h6H,3-5H2,1-2H3,(H,13,14). The number of carbonyl (C=O) groups is 1. The van der Waals surface area contributed by atoms with E-state index in [0.717, 1.165) is 5.56 Å². The quantitative estimate of drug-likeness (QED) is 0.916. The van der Waals surface area contributed by atoms with Crippen LogP contribution in [0.4, 0.5) is 0 Å². The molecule has 1 heterocycles. The summed E-state index contributed by atoms with van der Waals surface area (Å²) < 4.78 is 31.0. The van der Waals surface area contributed by atoms with Crippen LogP contribution in [0.2, 0.25) is 0 Å². The van der Waals surface area contributed by atoms with E-state index in [4.69, 9.17) is 4.42 Å². The monoisotopic (exact) mass is 335 g/mol. The summed E-state index contributed by atoms with van der Waals surface area (Å²) in [5.74, 6) is -0.724. The van der Waals surface area contributed by atoms with Crippen molar-refractivity contribution >= 4 is 31.9 Å². The Morgan fingerprint density at radius 1 is 1.56 bits per heavy atom. The minimum atomic E-state index is -3.62. The zero-order valence-corrected chi connectivity index (χ0v) is 12.5. The zero-order valence-electron chi connectivity index (χ0n) is 10.1. The molecule has 1 N–H and O–H groups in total. The Labute approximate surface area is 114 Å². The summed E-state index contributed by atoms with van der Waals surface area (Å²) >= 11 is 3.13. The SMILES string of the molecule is CCC1(S(=O)(=O)NC(=O)c2cc(C)c(Br)o2)CC1. The lowest BCUT2D eigenvalue weighted by Crippen LogP contribution is -2.39. The molecule has 0 bridgehead atoms. The lowest BCUT2D eigenvalue weighted by molar-refractivity contribution is 0.0952. The zero-order chi connectivity index (χ0) is 13.6. The van der Waals surface area contributed by atoms with Crippen molar-refractivity contribution < 1.29 is 17.6 Å². The van der Waals surface area contributed by atoms with Crippen molar-refractivity contribution in [2.45, 2.75) is 37.9 Å². The number of aryl methyl sites for hydroxylation is 1. The first-order chi connectivity index (χ1) is 8.31. The predicted octanol–water partition coefficient (Wildman–Crippen LogP) is 2.35. The second-order valence-electron chi connectivity index (χ2n) is 4.54. The highest BCUT2D eigenvalue weighted by Gasteiger charge is 2.53. The van der Waals surface area contributed by atoms with Crippen LogP contribution >= 0.6 is 15.9 Å². The van der Waals surface area contributed by atoms with E-state index in [1.165, 1.54) is 6.07 Å². The van der Waals surface area contributed by atoms with Gasteiger partial charge in [-0.1, -0.05) is 6.92 Å². The molecule has 0 radical (unpaired) electrons. The van der Waals surface area contributed by atoms with Crippen LogP contribution in [-0.2, 0) is 10.0 Å². The van der Waals surface area contributed by atoms with Crippen LogP contribution in [-0.4, -0.2) is 19.1 Å². The van der Waals surface area contributed by atoms with Crippen molar-refractivity contribution in [2.75, 3.05) is 0 Å². The summed E-state index contributed by atoms with van der Waals surface area (Å²) in [6, 6.07) is 1.50. The molecular formula is C11H14BrNO4S. The minimum absolute atomic E-state index is 0.00477.